The number of benzene rings is 1. The van der Waals surface area contributed by atoms with Crippen LogP contribution in [0.4, 0.5) is 0 Å². The van der Waals surface area contributed by atoms with Crippen molar-refractivity contribution in [3.63, 3.8) is 0 Å². The lowest BCUT2D eigenvalue weighted by Crippen LogP contribution is -2.03. The first-order valence-corrected chi connectivity index (χ1v) is 6.70. The molecule has 5 nitrogen and oxygen atoms in total. The van der Waals surface area contributed by atoms with Gasteiger partial charge in [0.2, 0.25) is 5.76 Å². The number of cyclic esters (lactones) is 1. The van der Waals surface area contributed by atoms with E-state index < -0.39 is 5.97 Å². The summed E-state index contributed by atoms with van der Waals surface area (Å²) in [6.45, 7) is 4.16. The summed E-state index contributed by atoms with van der Waals surface area (Å²) in [5.74, 6) is -0.653. The lowest BCUT2D eigenvalue weighted by molar-refractivity contribution is -0.136. The number of ketones is 1. The van der Waals surface area contributed by atoms with Crippen LogP contribution in [0.5, 0.6) is 0 Å². The molecule has 0 spiro atoms. The van der Waals surface area contributed by atoms with Gasteiger partial charge in [0.15, 0.2) is 11.5 Å². The molecule has 0 aliphatic carbocycles. The predicted octanol–water partition coefficient (Wildman–Crippen LogP) is 2.59. The fraction of sp³-hybridized carbons (Fsp3) is 0.250. The van der Waals surface area contributed by atoms with Gasteiger partial charge in [0, 0.05) is 11.6 Å². The van der Waals surface area contributed by atoms with Crippen LogP contribution in [0.25, 0.3) is 0 Å². The number of rotatable bonds is 6. The van der Waals surface area contributed by atoms with Gasteiger partial charge < -0.3 is 14.2 Å². The van der Waals surface area contributed by atoms with E-state index in [9.17, 15) is 9.59 Å². The molecule has 1 aliphatic heterocycles. The third kappa shape index (κ3) is 3.31. The Morgan fingerprint density at radius 2 is 1.71 bits per heavy atom. The van der Waals surface area contributed by atoms with E-state index in [-0.39, 0.29) is 23.1 Å². The van der Waals surface area contributed by atoms with Gasteiger partial charge >= 0.3 is 5.97 Å². The first-order chi connectivity index (χ1) is 10.2. The van der Waals surface area contributed by atoms with Crippen molar-refractivity contribution in [1.82, 2.24) is 0 Å². The van der Waals surface area contributed by atoms with Gasteiger partial charge in [0.25, 0.3) is 5.76 Å². The number of esters is 1. The second-order valence-corrected chi connectivity index (χ2v) is 4.15. The monoisotopic (exact) mass is 288 g/mol. The number of hydrogen-bond acceptors (Lipinski definition) is 5. The summed E-state index contributed by atoms with van der Waals surface area (Å²) in [7, 11) is 0. The molecule has 0 unspecified atom stereocenters. The Kier molecular flexibility index (Phi) is 4.77. The van der Waals surface area contributed by atoms with Crippen molar-refractivity contribution in [3.8, 4) is 0 Å². The Labute approximate surface area is 122 Å². The third-order valence-electron chi connectivity index (χ3n) is 2.72. The Balaban J connectivity index is 2.32. The Morgan fingerprint density at radius 1 is 1.10 bits per heavy atom. The molecule has 1 aromatic rings. The largest absolute Gasteiger partial charge is 0.487 e. The van der Waals surface area contributed by atoms with Crippen LogP contribution in [0, 0.1) is 0 Å². The van der Waals surface area contributed by atoms with Crippen molar-refractivity contribution < 1.29 is 23.8 Å². The van der Waals surface area contributed by atoms with E-state index in [1.54, 1.807) is 38.1 Å². The second kappa shape index (κ2) is 6.74. The molecule has 0 atom stereocenters. The number of allylic oxidation sites excluding steroid dienone is 1. The van der Waals surface area contributed by atoms with Crippen molar-refractivity contribution in [1.29, 1.82) is 0 Å². The first-order valence-electron chi connectivity index (χ1n) is 6.70. The molecule has 110 valence electrons. The maximum absolute atomic E-state index is 12.1. The molecule has 0 saturated heterocycles. The number of ether oxygens (including phenoxy) is 3. The summed E-state index contributed by atoms with van der Waals surface area (Å²) < 4.78 is 15.7. The molecule has 2 rings (SSSR count). The van der Waals surface area contributed by atoms with E-state index in [0.29, 0.717) is 18.8 Å². The van der Waals surface area contributed by atoms with Gasteiger partial charge in [-0.15, -0.1) is 0 Å². The van der Waals surface area contributed by atoms with Gasteiger partial charge in [-0.1, -0.05) is 30.3 Å². The van der Waals surface area contributed by atoms with E-state index in [1.165, 1.54) is 6.08 Å². The zero-order chi connectivity index (χ0) is 15.2. The molecule has 1 aliphatic rings. The Hall–Kier alpha value is -2.56. The normalized spacial score (nSPS) is 16.1. The predicted molar refractivity (Wildman–Crippen MR) is 75.2 cm³/mol. The van der Waals surface area contributed by atoms with Crippen LogP contribution >= 0.6 is 0 Å². The SMILES string of the molecule is CCOC1=C(OCC)/C(=C\C(=O)c2ccccc2)OC1=O. The van der Waals surface area contributed by atoms with Gasteiger partial charge in [-0.05, 0) is 13.8 Å². The highest BCUT2D eigenvalue weighted by atomic mass is 16.6. The van der Waals surface area contributed by atoms with Gasteiger partial charge in [0.05, 0.1) is 13.2 Å². The van der Waals surface area contributed by atoms with Gasteiger partial charge in [-0.3, -0.25) is 4.79 Å². The van der Waals surface area contributed by atoms with Crippen LogP contribution in [0.3, 0.4) is 0 Å². The average molecular weight is 288 g/mol. The van der Waals surface area contributed by atoms with Crippen LogP contribution in [-0.2, 0) is 19.0 Å². The molecule has 1 aromatic carbocycles. The summed E-state index contributed by atoms with van der Waals surface area (Å²) in [5, 5.41) is 0. The maximum atomic E-state index is 12.1. The van der Waals surface area contributed by atoms with E-state index in [2.05, 4.69) is 0 Å². The molecule has 0 radical (unpaired) electrons. The molecule has 0 aromatic heterocycles. The molecule has 0 amide bonds. The molecular weight excluding hydrogens is 272 g/mol. The van der Waals surface area contributed by atoms with E-state index in [1.807, 2.05) is 6.07 Å². The van der Waals surface area contributed by atoms with Gasteiger partial charge in [-0.2, -0.15) is 0 Å². The summed E-state index contributed by atoms with van der Waals surface area (Å²) in [6.07, 6.45) is 1.24. The minimum Gasteiger partial charge on any atom is -0.487 e. The molecular formula is C16H16O5. The highest BCUT2D eigenvalue weighted by Gasteiger charge is 2.34. The molecule has 1 heterocycles. The van der Waals surface area contributed by atoms with Gasteiger partial charge in [0.1, 0.15) is 0 Å². The number of carbonyl (C=O) groups is 2. The fourth-order valence-electron chi connectivity index (χ4n) is 1.85. The minimum absolute atomic E-state index is 0.00598. The van der Waals surface area contributed by atoms with E-state index in [0.717, 1.165) is 0 Å². The summed E-state index contributed by atoms with van der Waals surface area (Å²) in [6, 6.07) is 8.71. The topological polar surface area (TPSA) is 61.8 Å². The minimum atomic E-state index is -0.646. The van der Waals surface area contributed by atoms with Crippen molar-refractivity contribution in [3.05, 3.63) is 59.2 Å². The van der Waals surface area contributed by atoms with E-state index in [4.69, 9.17) is 14.2 Å². The van der Waals surface area contributed by atoms with Crippen LogP contribution in [0.2, 0.25) is 0 Å². The van der Waals surface area contributed by atoms with E-state index >= 15 is 0 Å². The van der Waals surface area contributed by atoms with Crippen LogP contribution in [-0.4, -0.2) is 25.0 Å². The molecule has 0 N–H and O–H groups in total. The summed E-state index contributed by atoms with van der Waals surface area (Å²) in [4.78, 5) is 23.9. The first kappa shape index (κ1) is 14.8. The van der Waals surface area contributed by atoms with Crippen LogP contribution in [0.15, 0.2) is 53.7 Å². The lowest BCUT2D eigenvalue weighted by Gasteiger charge is -2.05. The molecule has 0 fully saturated rings. The quantitative estimate of drug-likeness (QED) is 0.457. The Morgan fingerprint density at radius 3 is 2.33 bits per heavy atom. The fourth-order valence-corrected chi connectivity index (χ4v) is 1.85. The summed E-state index contributed by atoms with van der Waals surface area (Å²) in [5.41, 5.74) is 0.502. The number of hydrogen-bond donors (Lipinski definition) is 0. The maximum Gasteiger partial charge on any atom is 0.383 e. The standard InChI is InChI=1S/C16H16O5/c1-3-19-14-13(21-16(18)15(14)20-4-2)10-12(17)11-8-6-5-7-9-11/h5-10H,3-4H2,1-2H3/b13-10+. The van der Waals surface area contributed by atoms with Gasteiger partial charge in [-0.25, -0.2) is 4.79 Å². The zero-order valence-corrected chi connectivity index (χ0v) is 11.9. The number of carbonyl (C=O) groups excluding carboxylic acids is 2. The lowest BCUT2D eigenvalue weighted by atomic mass is 10.1. The van der Waals surface area contributed by atoms with Crippen molar-refractivity contribution in [2.75, 3.05) is 13.2 Å². The highest BCUT2D eigenvalue weighted by Crippen LogP contribution is 2.28. The van der Waals surface area contributed by atoms with Crippen molar-refractivity contribution in [2.45, 2.75) is 13.8 Å². The van der Waals surface area contributed by atoms with Crippen LogP contribution in [0.1, 0.15) is 24.2 Å². The summed E-state index contributed by atoms with van der Waals surface area (Å²) >= 11 is 0. The molecule has 0 bridgehead atoms. The average Bonchev–Trinajstić information content (AvgIpc) is 2.77. The third-order valence-corrected chi connectivity index (χ3v) is 2.72. The molecule has 5 heteroatoms. The second-order valence-electron chi connectivity index (χ2n) is 4.15. The Bertz CT molecular complexity index is 598. The zero-order valence-electron chi connectivity index (χ0n) is 11.9. The highest BCUT2D eigenvalue weighted by molar-refractivity contribution is 6.06. The molecule has 21 heavy (non-hydrogen) atoms. The molecule has 0 saturated carbocycles. The van der Waals surface area contributed by atoms with Crippen LogP contribution < -0.4 is 0 Å². The van der Waals surface area contributed by atoms with Crippen molar-refractivity contribution in [2.24, 2.45) is 0 Å². The van der Waals surface area contributed by atoms with Crippen molar-refractivity contribution >= 4 is 11.8 Å². The smallest absolute Gasteiger partial charge is 0.383 e.